The number of nitrogen functional groups attached to an aromatic ring is 1. The third-order valence-electron chi connectivity index (χ3n) is 3.44. The van der Waals surface area contributed by atoms with Crippen LogP contribution in [0.2, 0.25) is 5.02 Å². The second-order valence-electron chi connectivity index (χ2n) is 4.58. The molecule has 1 aliphatic rings. The lowest BCUT2D eigenvalue weighted by molar-refractivity contribution is 0.0996. The van der Waals surface area contributed by atoms with Crippen molar-refractivity contribution in [1.29, 1.82) is 0 Å². The number of nitrogens with two attached hydrogens (primary N) is 1. The summed E-state index contributed by atoms with van der Waals surface area (Å²) in [5, 5.41) is 0.553. The van der Waals surface area contributed by atoms with Gasteiger partial charge in [-0.05, 0) is 30.3 Å². The van der Waals surface area contributed by atoms with Crippen molar-refractivity contribution >= 4 is 28.9 Å². The molecule has 0 aliphatic carbocycles. The molecular weight excluding hydrogens is 276 g/mol. The summed E-state index contributed by atoms with van der Waals surface area (Å²) in [7, 11) is 1.56. The minimum absolute atomic E-state index is 0.0899. The molecule has 0 saturated heterocycles. The van der Waals surface area contributed by atoms with Gasteiger partial charge >= 0.3 is 0 Å². The highest BCUT2D eigenvalue weighted by Crippen LogP contribution is 2.37. The Kier molecular flexibility index (Phi) is 3.03. The first-order valence-corrected chi connectivity index (χ1v) is 6.52. The van der Waals surface area contributed by atoms with E-state index in [1.807, 2.05) is 0 Å². The molecule has 2 aromatic carbocycles. The van der Waals surface area contributed by atoms with Gasteiger partial charge in [-0.2, -0.15) is 0 Å². The zero-order valence-corrected chi connectivity index (χ0v) is 11.6. The molecule has 102 valence electrons. The molecule has 5 heteroatoms. The molecule has 1 heterocycles. The maximum atomic E-state index is 12.5. The van der Waals surface area contributed by atoms with E-state index in [4.69, 9.17) is 22.1 Å². The summed E-state index contributed by atoms with van der Waals surface area (Å²) >= 11 is 6.02. The lowest BCUT2D eigenvalue weighted by Gasteiger charge is -2.19. The Hall–Kier alpha value is -2.20. The van der Waals surface area contributed by atoms with E-state index < -0.39 is 0 Å². The number of fused-ring (bicyclic) bond motifs is 1. The number of carbonyl (C=O) groups is 1. The van der Waals surface area contributed by atoms with Gasteiger partial charge < -0.3 is 15.4 Å². The second-order valence-corrected chi connectivity index (χ2v) is 5.02. The Morgan fingerprint density at radius 2 is 2.10 bits per heavy atom. The highest BCUT2D eigenvalue weighted by atomic mass is 35.5. The monoisotopic (exact) mass is 288 g/mol. The van der Waals surface area contributed by atoms with Crippen LogP contribution in [-0.4, -0.2) is 13.0 Å². The van der Waals surface area contributed by atoms with Crippen LogP contribution in [0.5, 0.6) is 5.75 Å². The summed E-state index contributed by atoms with van der Waals surface area (Å²) in [4.78, 5) is 14.1. The average molecular weight is 289 g/mol. The maximum absolute atomic E-state index is 12.5. The first-order valence-electron chi connectivity index (χ1n) is 6.14. The Balaban J connectivity index is 2.09. The normalized spacial score (nSPS) is 13.5. The van der Waals surface area contributed by atoms with Crippen LogP contribution in [0.1, 0.15) is 15.9 Å². The molecule has 20 heavy (non-hydrogen) atoms. The molecule has 0 spiro atoms. The van der Waals surface area contributed by atoms with E-state index in [1.165, 1.54) is 0 Å². The molecule has 1 aliphatic heterocycles. The van der Waals surface area contributed by atoms with Crippen LogP contribution in [-0.2, 0) is 6.54 Å². The van der Waals surface area contributed by atoms with Crippen molar-refractivity contribution < 1.29 is 9.53 Å². The van der Waals surface area contributed by atoms with Gasteiger partial charge in [-0.3, -0.25) is 4.79 Å². The first-order chi connectivity index (χ1) is 9.61. The van der Waals surface area contributed by atoms with Gasteiger partial charge in [-0.1, -0.05) is 17.7 Å². The highest BCUT2D eigenvalue weighted by molar-refractivity contribution is 6.31. The van der Waals surface area contributed by atoms with E-state index in [0.29, 0.717) is 34.3 Å². The summed E-state index contributed by atoms with van der Waals surface area (Å²) in [6, 6.07) is 10.6. The SMILES string of the molecule is COc1ccc(Cl)cc1N1Cc2c(N)cccc2C1=O. The molecule has 0 saturated carbocycles. The largest absolute Gasteiger partial charge is 0.495 e. The topological polar surface area (TPSA) is 55.6 Å². The number of nitrogens with zero attached hydrogens (tertiary/aromatic N) is 1. The summed E-state index contributed by atoms with van der Waals surface area (Å²) in [5.41, 5.74) is 8.69. The molecule has 0 radical (unpaired) electrons. The quantitative estimate of drug-likeness (QED) is 0.864. The molecule has 4 nitrogen and oxygen atoms in total. The summed E-state index contributed by atoms with van der Waals surface area (Å²) < 4.78 is 5.31. The van der Waals surface area contributed by atoms with Gasteiger partial charge in [-0.15, -0.1) is 0 Å². The Morgan fingerprint density at radius 1 is 1.30 bits per heavy atom. The van der Waals surface area contributed by atoms with Crippen LogP contribution in [0.4, 0.5) is 11.4 Å². The third kappa shape index (κ3) is 1.89. The molecule has 2 N–H and O–H groups in total. The van der Waals surface area contributed by atoms with Crippen LogP contribution >= 0.6 is 11.6 Å². The lowest BCUT2D eigenvalue weighted by atomic mass is 10.1. The second kappa shape index (κ2) is 4.72. The van der Waals surface area contributed by atoms with E-state index in [0.717, 1.165) is 5.56 Å². The molecule has 0 atom stereocenters. The fourth-order valence-corrected chi connectivity index (χ4v) is 2.59. The number of hydrogen-bond donors (Lipinski definition) is 1. The van der Waals surface area contributed by atoms with Crippen LogP contribution in [0.3, 0.4) is 0 Å². The number of methoxy groups -OCH3 is 1. The predicted octanol–water partition coefficient (Wildman–Crippen LogP) is 3.09. The summed E-state index contributed by atoms with van der Waals surface area (Å²) in [6.45, 7) is 0.428. The van der Waals surface area contributed by atoms with Crippen LogP contribution in [0.25, 0.3) is 0 Å². The van der Waals surface area contributed by atoms with E-state index in [2.05, 4.69) is 0 Å². The highest BCUT2D eigenvalue weighted by Gasteiger charge is 2.31. The zero-order valence-electron chi connectivity index (χ0n) is 10.9. The minimum atomic E-state index is -0.0899. The smallest absolute Gasteiger partial charge is 0.259 e. The molecule has 0 aromatic heterocycles. The minimum Gasteiger partial charge on any atom is -0.495 e. The van der Waals surface area contributed by atoms with Crippen molar-refractivity contribution in [3.8, 4) is 5.75 Å². The van der Waals surface area contributed by atoms with Gasteiger partial charge in [0.2, 0.25) is 0 Å². The number of carbonyl (C=O) groups excluding carboxylic acids is 1. The number of amides is 1. The van der Waals surface area contributed by atoms with Gasteiger partial charge in [0.15, 0.2) is 0 Å². The Bertz CT molecular complexity index is 700. The predicted molar refractivity (Wildman–Crippen MR) is 79.4 cm³/mol. The number of halogens is 1. The van der Waals surface area contributed by atoms with Crippen molar-refractivity contribution in [3.05, 3.63) is 52.5 Å². The number of ether oxygens (including phenoxy) is 1. The van der Waals surface area contributed by atoms with Crippen molar-refractivity contribution in [3.63, 3.8) is 0 Å². The van der Waals surface area contributed by atoms with E-state index >= 15 is 0 Å². The van der Waals surface area contributed by atoms with Gasteiger partial charge in [0.25, 0.3) is 5.91 Å². The van der Waals surface area contributed by atoms with Crippen LogP contribution < -0.4 is 15.4 Å². The lowest BCUT2D eigenvalue weighted by Crippen LogP contribution is -2.23. The van der Waals surface area contributed by atoms with Crippen molar-refractivity contribution in [2.45, 2.75) is 6.54 Å². The van der Waals surface area contributed by atoms with Gasteiger partial charge in [0.05, 0.1) is 19.3 Å². The fraction of sp³-hybridized carbons (Fsp3) is 0.133. The summed E-state index contributed by atoms with van der Waals surface area (Å²) in [6.07, 6.45) is 0. The molecule has 2 aromatic rings. The van der Waals surface area contributed by atoms with Crippen LogP contribution in [0.15, 0.2) is 36.4 Å². The van der Waals surface area contributed by atoms with E-state index in [1.54, 1.807) is 48.4 Å². The van der Waals surface area contributed by atoms with Gasteiger partial charge in [-0.25, -0.2) is 0 Å². The van der Waals surface area contributed by atoms with Gasteiger partial charge in [0.1, 0.15) is 5.75 Å². The average Bonchev–Trinajstić information content (AvgIpc) is 2.78. The van der Waals surface area contributed by atoms with Crippen LogP contribution in [0, 0.1) is 0 Å². The molecular formula is C15H13ClN2O2. The summed E-state index contributed by atoms with van der Waals surface area (Å²) in [5.74, 6) is 0.516. The maximum Gasteiger partial charge on any atom is 0.259 e. The zero-order chi connectivity index (χ0) is 14.3. The van der Waals surface area contributed by atoms with Crippen molar-refractivity contribution in [2.75, 3.05) is 17.7 Å². The number of rotatable bonds is 2. The van der Waals surface area contributed by atoms with Crippen molar-refractivity contribution in [1.82, 2.24) is 0 Å². The van der Waals surface area contributed by atoms with Crippen molar-refractivity contribution in [2.24, 2.45) is 0 Å². The number of anilines is 2. The molecule has 0 fully saturated rings. The molecule has 3 rings (SSSR count). The van der Waals surface area contributed by atoms with E-state index in [9.17, 15) is 4.79 Å². The first kappa shape index (κ1) is 12.8. The van der Waals surface area contributed by atoms with E-state index in [-0.39, 0.29) is 5.91 Å². The number of hydrogen-bond acceptors (Lipinski definition) is 3. The standard InChI is InChI=1S/C15H13ClN2O2/c1-20-14-6-5-9(16)7-13(14)18-8-11-10(15(18)19)3-2-4-12(11)17/h2-7H,8,17H2,1H3. The Morgan fingerprint density at radius 3 is 2.80 bits per heavy atom. The molecule has 0 unspecified atom stereocenters. The van der Waals surface area contributed by atoms with Gasteiger partial charge in [0, 0.05) is 21.8 Å². The molecule has 1 amide bonds. The number of benzene rings is 2. The third-order valence-corrected chi connectivity index (χ3v) is 3.67. The molecule has 0 bridgehead atoms. The Labute approximate surface area is 121 Å². The fourth-order valence-electron chi connectivity index (χ4n) is 2.43.